The molecule has 3 heterocycles. The third kappa shape index (κ3) is 5.63. The molecular formula is C42H53N3SSi. The first kappa shape index (κ1) is 31.5. The number of allylic oxidation sites excluding steroid dienone is 2. The summed E-state index contributed by atoms with van der Waals surface area (Å²) in [6, 6.07) is 23.8. The molecule has 2 saturated carbocycles. The van der Waals surface area contributed by atoms with E-state index in [1.165, 1.54) is 70.9 Å². The van der Waals surface area contributed by atoms with Crippen LogP contribution in [-0.4, -0.2) is 29.3 Å². The molecule has 1 aromatic heterocycles. The molecule has 2 aliphatic carbocycles. The number of nitrogens with one attached hydrogen (secondary N) is 2. The Labute approximate surface area is 288 Å². The van der Waals surface area contributed by atoms with Gasteiger partial charge in [-0.05, 0) is 101 Å². The molecule has 2 aliphatic heterocycles. The van der Waals surface area contributed by atoms with E-state index in [1.54, 1.807) is 11.9 Å². The first-order valence-corrected chi connectivity index (χ1v) is 22.4. The number of nitrogens with zero attached hydrogens (tertiary/aromatic N) is 1. The van der Waals surface area contributed by atoms with Crippen molar-refractivity contribution in [3.63, 3.8) is 0 Å². The fourth-order valence-corrected chi connectivity index (χ4v) is 14.8. The van der Waals surface area contributed by atoms with E-state index in [1.807, 2.05) is 5.57 Å². The first-order chi connectivity index (χ1) is 22.6. The Bertz CT molecular complexity index is 1860. The van der Waals surface area contributed by atoms with Crippen molar-refractivity contribution in [2.75, 3.05) is 0 Å². The lowest BCUT2D eigenvalue weighted by Crippen LogP contribution is -2.50. The Morgan fingerprint density at radius 1 is 0.936 bits per heavy atom. The summed E-state index contributed by atoms with van der Waals surface area (Å²) in [5.41, 5.74) is 10.9. The van der Waals surface area contributed by atoms with Crippen LogP contribution in [0.1, 0.15) is 58.9 Å². The van der Waals surface area contributed by atoms with E-state index in [2.05, 4.69) is 117 Å². The second kappa shape index (κ2) is 12.0. The number of imidazole rings is 1. The van der Waals surface area contributed by atoms with Crippen LogP contribution in [0.4, 0.5) is 0 Å². The zero-order valence-corrected chi connectivity index (χ0v) is 31.1. The van der Waals surface area contributed by atoms with Crippen LogP contribution in [0.5, 0.6) is 0 Å². The summed E-state index contributed by atoms with van der Waals surface area (Å²) < 4.78 is 0. The Hall–Kier alpha value is -2.76. The van der Waals surface area contributed by atoms with Gasteiger partial charge in [-0.25, -0.2) is 4.98 Å². The zero-order valence-electron chi connectivity index (χ0n) is 29.2. The van der Waals surface area contributed by atoms with Gasteiger partial charge in [0.05, 0.1) is 17.4 Å². The lowest BCUT2D eigenvalue weighted by Gasteiger charge is -2.49. The number of hydrogen-bond acceptors (Lipinski definition) is 3. The minimum atomic E-state index is -1.17. The molecule has 5 heteroatoms. The van der Waals surface area contributed by atoms with Crippen molar-refractivity contribution in [3.05, 3.63) is 83.7 Å². The SMILES string of the molecule is CCC1C=C(c2ccc(-c3ccc4c(ccc5[nH]cnc54)c3)cc2)NC1[C@@H]1CC2C[Si](C)(C)CC2C(C(=C2CC2)[C@@H](C)C(C)C)C1S. The van der Waals surface area contributed by atoms with Gasteiger partial charge in [-0.3, -0.25) is 0 Å². The summed E-state index contributed by atoms with van der Waals surface area (Å²) in [6.07, 6.45) is 9.54. The Balaban J connectivity index is 1.06. The first-order valence-electron chi connectivity index (χ1n) is 18.5. The fourth-order valence-electron chi connectivity index (χ4n) is 10.2. The molecule has 246 valence electrons. The molecule has 4 aliphatic rings. The van der Waals surface area contributed by atoms with E-state index in [0.29, 0.717) is 40.9 Å². The minimum Gasteiger partial charge on any atom is -0.381 e. The highest BCUT2D eigenvalue weighted by Crippen LogP contribution is 2.59. The molecule has 2 N–H and O–H groups in total. The maximum absolute atomic E-state index is 5.69. The van der Waals surface area contributed by atoms with Crippen molar-refractivity contribution in [2.45, 2.75) is 89.9 Å². The number of fused-ring (bicyclic) bond motifs is 4. The summed E-state index contributed by atoms with van der Waals surface area (Å²) in [4.78, 5) is 7.78. The van der Waals surface area contributed by atoms with Crippen molar-refractivity contribution >= 4 is 48.2 Å². The van der Waals surface area contributed by atoms with Crippen LogP contribution in [-0.2, 0) is 0 Å². The topological polar surface area (TPSA) is 40.7 Å². The molecule has 3 aromatic carbocycles. The molecule has 1 saturated heterocycles. The molecular weight excluding hydrogens is 607 g/mol. The Kier molecular flexibility index (Phi) is 8.03. The zero-order chi connectivity index (χ0) is 32.6. The minimum absolute atomic E-state index is 0.431. The highest BCUT2D eigenvalue weighted by atomic mass is 32.1. The van der Waals surface area contributed by atoms with E-state index in [9.17, 15) is 0 Å². The van der Waals surface area contributed by atoms with Crippen LogP contribution in [0.15, 0.2) is 78.1 Å². The summed E-state index contributed by atoms with van der Waals surface area (Å²) in [7, 11) is -1.17. The summed E-state index contributed by atoms with van der Waals surface area (Å²) in [5, 5.41) is 7.02. The van der Waals surface area contributed by atoms with Gasteiger partial charge in [-0.15, -0.1) is 0 Å². The third-order valence-corrected chi connectivity index (χ3v) is 16.8. The molecule has 8 rings (SSSR count). The van der Waals surface area contributed by atoms with Gasteiger partial charge in [-0.2, -0.15) is 12.6 Å². The number of hydrogen-bond donors (Lipinski definition) is 3. The quantitative estimate of drug-likeness (QED) is 0.105. The third-order valence-electron chi connectivity index (χ3n) is 12.8. The highest BCUT2D eigenvalue weighted by Gasteiger charge is 2.55. The smallest absolute Gasteiger partial charge is 0.0960 e. The molecule has 0 bridgehead atoms. The van der Waals surface area contributed by atoms with E-state index in [-0.39, 0.29) is 0 Å². The van der Waals surface area contributed by atoms with Crippen molar-refractivity contribution in [1.29, 1.82) is 0 Å². The van der Waals surface area contributed by atoms with Crippen LogP contribution in [0.3, 0.4) is 0 Å². The predicted octanol–water partition coefficient (Wildman–Crippen LogP) is 11.0. The van der Waals surface area contributed by atoms with Gasteiger partial charge in [0.1, 0.15) is 0 Å². The molecule has 47 heavy (non-hydrogen) atoms. The average molecular weight is 660 g/mol. The van der Waals surface area contributed by atoms with Crippen molar-refractivity contribution in [2.24, 2.45) is 41.4 Å². The molecule has 3 fully saturated rings. The maximum Gasteiger partial charge on any atom is 0.0960 e. The van der Waals surface area contributed by atoms with E-state index in [4.69, 9.17) is 12.6 Å². The Morgan fingerprint density at radius 3 is 2.40 bits per heavy atom. The lowest BCUT2D eigenvalue weighted by molar-refractivity contribution is 0.129. The molecule has 4 aromatic rings. The maximum atomic E-state index is 5.69. The van der Waals surface area contributed by atoms with Crippen LogP contribution < -0.4 is 5.32 Å². The number of thiol groups is 1. The summed E-state index contributed by atoms with van der Waals surface area (Å²) in [5.74, 6) is 4.87. The van der Waals surface area contributed by atoms with Crippen molar-refractivity contribution in [3.8, 4) is 11.1 Å². The predicted molar refractivity (Wildman–Crippen MR) is 206 cm³/mol. The van der Waals surface area contributed by atoms with Crippen LogP contribution >= 0.6 is 12.6 Å². The number of aromatic nitrogens is 2. The van der Waals surface area contributed by atoms with Gasteiger partial charge in [-0.1, -0.05) is 113 Å². The van der Waals surface area contributed by atoms with E-state index < -0.39 is 8.07 Å². The van der Waals surface area contributed by atoms with Gasteiger partial charge in [0.25, 0.3) is 0 Å². The van der Waals surface area contributed by atoms with Gasteiger partial charge in [0, 0.05) is 30.4 Å². The number of benzene rings is 3. The number of aromatic amines is 1. The lowest BCUT2D eigenvalue weighted by atomic mass is 9.61. The van der Waals surface area contributed by atoms with E-state index in [0.717, 1.165) is 22.9 Å². The second-order valence-electron chi connectivity index (χ2n) is 16.7. The van der Waals surface area contributed by atoms with Crippen LogP contribution in [0, 0.1) is 41.4 Å². The average Bonchev–Trinajstić information content (AvgIpc) is 3.46. The molecule has 6 unspecified atom stereocenters. The van der Waals surface area contributed by atoms with Gasteiger partial charge < -0.3 is 10.3 Å². The summed E-state index contributed by atoms with van der Waals surface area (Å²) in [6.45, 7) is 15.1. The highest BCUT2D eigenvalue weighted by molar-refractivity contribution is 7.81. The molecule has 0 radical (unpaired) electrons. The van der Waals surface area contributed by atoms with Gasteiger partial charge in [0.15, 0.2) is 0 Å². The largest absolute Gasteiger partial charge is 0.381 e. The molecule has 8 atom stereocenters. The number of rotatable bonds is 7. The van der Waals surface area contributed by atoms with Gasteiger partial charge >= 0.3 is 0 Å². The molecule has 0 amide bonds. The Morgan fingerprint density at radius 2 is 1.68 bits per heavy atom. The molecule has 3 nitrogen and oxygen atoms in total. The van der Waals surface area contributed by atoms with Crippen molar-refractivity contribution < 1.29 is 0 Å². The van der Waals surface area contributed by atoms with Crippen LogP contribution in [0.2, 0.25) is 25.2 Å². The monoisotopic (exact) mass is 659 g/mol. The second-order valence-corrected chi connectivity index (χ2v) is 22.4. The number of H-pyrrole nitrogens is 1. The van der Waals surface area contributed by atoms with Crippen molar-refractivity contribution in [1.82, 2.24) is 15.3 Å². The molecule has 0 spiro atoms. The van der Waals surface area contributed by atoms with Crippen LogP contribution in [0.25, 0.3) is 38.6 Å². The standard InChI is InChI=1S/C42H53N3SSi/c1-7-26-20-37(28-10-8-27(9-11-28)30-14-16-33-31(18-30)15-17-36-41(33)44-23-43-36)45-40(26)34-19-32-21-47(5,6)22-35(32)39(42(34)46)38(29-12-13-29)25(4)24(2)3/h8-11,14-18,20,23-26,32,34-35,39-40,42,45-46H,7,12-13,19,21-22H2,1-6H3,(H,43,44)/t25-,26?,32?,34-,35?,39?,40?,42?/m0/s1. The van der Waals surface area contributed by atoms with E-state index >= 15 is 0 Å². The fraction of sp³-hybridized carbons (Fsp3) is 0.500. The summed E-state index contributed by atoms with van der Waals surface area (Å²) >= 11 is 5.69. The van der Waals surface area contributed by atoms with Gasteiger partial charge in [0.2, 0.25) is 0 Å². The normalized spacial score (nSPS) is 30.4.